The van der Waals surface area contributed by atoms with Crippen LogP contribution < -0.4 is 10.2 Å². The fourth-order valence-corrected chi connectivity index (χ4v) is 4.70. The van der Waals surface area contributed by atoms with Gasteiger partial charge in [0.05, 0.1) is 18.1 Å². The number of piperidine rings is 1. The molecule has 0 saturated carbocycles. The van der Waals surface area contributed by atoms with Crippen molar-refractivity contribution in [3.8, 4) is 0 Å². The van der Waals surface area contributed by atoms with Gasteiger partial charge < -0.3 is 14.6 Å². The molecule has 1 aliphatic heterocycles. The number of carbonyl (C=O) groups is 1. The second-order valence-electron chi connectivity index (χ2n) is 9.29. The van der Waals surface area contributed by atoms with Crippen LogP contribution in [0, 0.1) is 11.8 Å². The van der Waals surface area contributed by atoms with Gasteiger partial charge in [0, 0.05) is 18.6 Å². The lowest BCUT2D eigenvalue weighted by molar-refractivity contribution is -0.121. The van der Waals surface area contributed by atoms with Crippen molar-refractivity contribution in [2.75, 3.05) is 18.0 Å². The number of hydrogen-bond acceptors (Lipinski definition) is 6. The Labute approximate surface area is 184 Å². The van der Waals surface area contributed by atoms with Gasteiger partial charge in [-0.2, -0.15) is 0 Å². The molecule has 1 saturated heterocycles. The average molecular weight is 434 g/mol. The summed E-state index contributed by atoms with van der Waals surface area (Å²) in [5.74, 6) is 2.94. The summed E-state index contributed by atoms with van der Waals surface area (Å²) in [6.45, 7) is 15.1. The van der Waals surface area contributed by atoms with E-state index in [0.717, 1.165) is 36.4 Å². The van der Waals surface area contributed by atoms with Gasteiger partial charge in [-0.3, -0.25) is 9.36 Å². The topological polar surface area (TPSA) is 76.2 Å². The van der Waals surface area contributed by atoms with Gasteiger partial charge in [0.25, 0.3) is 0 Å². The molecule has 1 fully saturated rings. The van der Waals surface area contributed by atoms with Crippen LogP contribution >= 0.6 is 11.8 Å². The zero-order valence-electron chi connectivity index (χ0n) is 19.0. The van der Waals surface area contributed by atoms with Crippen LogP contribution in [0.4, 0.5) is 5.95 Å². The molecule has 3 rings (SSSR count). The summed E-state index contributed by atoms with van der Waals surface area (Å²) in [7, 11) is 0. The Morgan fingerprint density at radius 1 is 1.33 bits per heavy atom. The number of nitrogens with one attached hydrogen (secondary N) is 1. The predicted molar refractivity (Wildman–Crippen MR) is 121 cm³/mol. The number of rotatable bonds is 8. The van der Waals surface area contributed by atoms with Crippen molar-refractivity contribution in [2.24, 2.45) is 11.8 Å². The van der Waals surface area contributed by atoms with Gasteiger partial charge >= 0.3 is 0 Å². The minimum atomic E-state index is -0.276. The molecule has 1 amide bonds. The molecule has 0 aliphatic carbocycles. The summed E-state index contributed by atoms with van der Waals surface area (Å²) >= 11 is 1.45. The molecule has 3 atom stereocenters. The van der Waals surface area contributed by atoms with Gasteiger partial charge in [-0.15, -0.1) is 10.2 Å². The lowest BCUT2D eigenvalue weighted by Gasteiger charge is -2.35. The Kier molecular flexibility index (Phi) is 7.16. The van der Waals surface area contributed by atoms with Crippen LogP contribution in [0.15, 0.2) is 28.0 Å². The Hall–Kier alpha value is -1.96. The monoisotopic (exact) mass is 433 g/mol. The molecule has 0 radical (unpaired) electrons. The third kappa shape index (κ3) is 5.59. The first-order chi connectivity index (χ1) is 14.2. The molecule has 2 aromatic heterocycles. The van der Waals surface area contributed by atoms with Gasteiger partial charge in [0.1, 0.15) is 5.76 Å². The number of carbonyl (C=O) groups excluding carboxylic acids is 1. The van der Waals surface area contributed by atoms with Crippen molar-refractivity contribution in [1.82, 2.24) is 20.1 Å². The van der Waals surface area contributed by atoms with E-state index in [4.69, 9.17) is 4.42 Å². The summed E-state index contributed by atoms with van der Waals surface area (Å²) in [4.78, 5) is 15.0. The van der Waals surface area contributed by atoms with E-state index in [9.17, 15) is 4.79 Å². The molecule has 8 heteroatoms. The third-order valence-corrected chi connectivity index (χ3v) is 6.82. The molecule has 166 valence electrons. The van der Waals surface area contributed by atoms with Gasteiger partial charge in [0.2, 0.25) is 11.9 Å². The quantitative estimate of drug-likeness (QED) is 0.629. The normalized spacial score (nSPS) is 20.9. The van der Waals surface area contributed by atoms with Crippen LogP contribution in [0.25, 0.3) is 0 Å². The van der Waals surface area contributed by atoms with Crippen molar-refractivity contribution in [1.29, 1.82) is 0 Å². The van der Waals surface area contributed by atoms with Gasteiger partial charge in [-0.1, -0.05) is 32.5 Å². The maximum absolute atomic E-state index is 12.7. The summed E-state index contributed by atoms with van der Waals surface area (Å²) in [5.41, 5.74) is -0.223. The number of anilines is 1. The second kappa shape index (κ2) is 9.45. The van der Waals surface area contributed by atoms with E-state index >= 15 is 0 Å². The standard InChI is InChI=1S/C22H35N5O2S/c1-7-22(5,6)23-19(28)17(4)30-21-25-24-20(26-12-15(2)11-16(3)13-26)27(21)14-18-9-8-10-29-18/h8-10,15-17H,7,11-14H2,1-6H3,(H,23,28). The van der Waals surface area contributed by atoms with Gasteiger partial charge in [-0.05, 0) is 57.6 Å². The molecule has 1 N–H and O–H groups in total. The zero-order chi connectivity index (χ0) is 21.9. The molecule has 2 aromatic rings. The molecular formula is C22H35N5O2S. The number of aromatic nitrogens is 3. The lowest BCUT2D eigenvalue weighted by Crippen LogP contribution is -2.46. The van der Waals surface area contributed by atoms with Crippen LogP contribution in [0.3, 0.4) is 0 Å². The maximum atomic E-state index is 12.7. The molecule has 0 spiro atoms. The first-order valence-electron chi connectivity index (χ1n) is 10.9. The molecule has 1 aliphatic rings. The summed E-state index contributed by atoms with van der Waals surface area (Å²) in [6, 6.07) is 3.85. The van der Waals surface area contributed by atoms with Gasteiger partial charge in [0.15, 0.2) is 5.16 Å². The van der Waals surface area contributed by atoms with E-state index in [1.807, 2.05) is 32.9 Å². The molecule has 0 aromatic carbocycles. The van der Waals surface area contributed by atoms with E-state index < -0.39 is 0 Å². The minimum Gasteiger partial charge on any atom is -0.467 e. The Balaban J connectivity index is 1.83. The fraction of sp³-hybridized carbons (Fsp3) is 0.682. The molecule has 3 unspecified atom stereocenters. The van der Waals surface area contributed by atoms with E-state index in [-0.39, 0.29) is 16.7 Å². The van der Waals surface area contributed by atoms with Crippen molar-refractivity contribution >= 4 is 23.6 Å². The molecule has 7 nitrogen and oxygen atoms in total. The molecule has 30 heavy (non-hydrogen) atoms. The van der Waals surface area contributed by atoms with Gasteiger partial charge in [-0.25, -0.2) is 0 Å². The number of thioether (sulfide) groups is 1. The van der Waals surface area contributed by atoms with Crippen LogP contribution in [0.5, 0.6) is 0 Å². The summed E-state index contributed by atoms with van der Waals surface area (Å²) in [6.07, 6.45) is 3.79. The lowest BCUT2D eigenvalue weighted by atomic mass is 9.92. The van der Waals surface area contributed by atoms with E-state index in [0.29, 0.717) is 18.4 Å². The highest BCUT2D eigenvalue weighted by Crippen LogP contribution is 2.30. The van der Waals surface area contributed by atoms with E-state index in [1.54, 1.807) is 6.26 Å². The molecule has 0 bridgehead atoms. The second-order valence-corrected chi connectivity index (χ2v) is 10.6. The highest BCUT2D eigenvalue weighted by molar-refractivity contribution is 8.00. The highest BCUT2D eigenvalue weighted by atomic mass is 32.2. The number of nitrogens with zero attached hydrogens (tertiary/aromatic N) is 4. The first kappa shape index (κ1) is 22.7. The zero-order valence-corrected chi connectivity index (χ0v) is 19.8. The van der Waals surface area contributed by atoms with E-state index in [1.165, 1.54) is 18.2 Å². The largest absolute Gasteiger partial charge is 0.467 e. The fourth-order valence-electron chi connectivity index (χ4n) is 3.86. The SMILES string of the molecule is CCC(C)(C)NC(=O)C(C)Sc1nnc(N2CC(C)CC(C)C2)n1Cc1ccco1. The Morgan fingerprint density at radius 2 is 2.03 bits per heavy atom. The average Bonchev–Trinajstić information content (AvgIpc) is 3.31. The number of furan rings is 1. The van der Waals surface area contributed by atoms with Crippen molar-refractivity contribution in [3.05, 3.63) is 24.2 Å². The van der Waals surface area contributed by atoms with Crippen LogP contribution in [0.1, 0.15) is 60.1 Å². The van der Waals surface area contributed by atoms with Crippen molar-refractivity contribution < 1.29 is 9.21 Å². The number of hydrogen-bond donors (Lipinski definition) is 1. The highest BCUT2D eigenvalue weighted by Gasteiger charge is 2.29. The van der Waals surface area contributed by atoms with Crippen LogP contribution in [-0.4, -0.2) is 44.6 Å². The first-order valence-corrected chi connectivity index (χ1v) is 11.8. The van der Waals surface area contributed by atoms with Crippen LogP contribution in [0.2, 0.25) is 0 Å². The molecule has 3 heterocycles. The smallest absolute Gasteiger partial charge is 0.233 e. The third-order valence-electron chi connectivity index (χ3n) is 5.74. The summed E-state index contributed by atoms with van der Waals surface area (Å²) < 4.78 is 7.68. The molecular weight excluding hydrogens is 398 g/mol. The predicted octanol–water partition coefficient (Wildman–Crippen LogP) is 4.19. The maximum Gasteiger partial charge on any atom is 0.233 e. The number of amides is 1. The van der Waals surface area contributed by atoms with E-state index in [2.05, 4.69) is 45.8 Å². The summed E-state index contributed by atoms with van der Waals surface area (Å²) in [5, 5.41) is 12.6. The van der Waals surface area contributed by atoms with Crippen molar-refractivity contribution in [3.63, 3.8) is 0 Å². The Bertz CT molecular complexity index is 823. The van der Waals surface area contributed by atoms with Crippen LogP contribution in [-0.2, 0) is 11.3 Å². The van der Waals surface area contributed by atoms with Crippen molar-refractivity contribution in [2.45, 2.75) is 76.9 Å². The Morgan fingerprint density at radius 3 is 2.63 bits per heavy atom. The minimum absolute atomic E-state index is 0.0150.